The Morgan fingerprint density at radius 1 is 0.571 bits per heavy atom. The highest BCUT2D eigenvalue weighted by Crippen LogP contribution is 2.34. The van der Waals surface area contributed by atoms with Gasteiger partial charge in [0.2, 0.25) is 5.91 Å². The van der Waals surface area contributed by atoms with Gasteiger partial charge in [-0.2, -0.15) is 33.7 Å². The molecule has 2 heterocycles. The Kier molecular flexibility index (Phi) is 26.7. The SMILES string of the molecule is CCCCOCCC(=O)CCCCCCCCC(=O)NCCCCCCOC1OC(COS(=O)(=O)O)C(OC2OC(CC)C(OS(=O)(=O)O)CC2OS(=O)(=O)O)CC1OS(=O)(=O)O. The number of ketones is 1. The van der Waals surface area contributed by atoms with Crippen LogP contribution in [-0.4, -0.2) is 146 Å². The molecule has 0 aromatic heterocycles. The van der Waals surface area contributed by atoms with Crippen molar-refractivity contribution in [3.63, 3.8) is 0 Å². The maximum absolute atomic E-state index is 12.2. The van der Waals surface area contributed by atoms with Gasteiger partial charge in [0.05, 0.1) is 25.4 Å². The Balaban J connectivity index is 1.85. The van der Waals surface area contributed by atoms with Crippen molar-refractivity contribution in [2.75, 3.05) is 33.0 Å². The summed E-state index contributed by atoms with van der Waals surface area (Å²) in [5, 5.41) is 2.88. The zero-order valence-corrected chi connectivity index (χ0v) is 38.8. The minimum Gasteiger partial charge on any atom is -0.381 e. The fraction of sp³-hybridized carbons (Fsp3) is 0.943. The number of nitrogens with one attached hydrogen (secondary N) is 1. The summed E-state index contributed by atoms with van der Waals surface area (Å²) in [5.74, 6) is 0.167. The molecule has 372 valence electrons. The average molecular weight is 996 g/mol. The van der Waals surface area contributed by atoms with Crippen molar-refractivity contribution in [2.24, 2.45) is 0 Å². The molecule has 8 atom stereocenters. The van der Waals surface area contributed by atoms with Gasteiger partial charge in [0.15, 0.2) is 12.6 Å². The monoisotopic (exact) mass is 995 g/mol. The van der Waals surface area contributed by atoms with E-state index in [-0.39, 0.29) is 24.7 Å². The molecule has 0 aromatic rings. The lowest BCUT2D eigenvalue weighted by Crippen LogP contribution is -2.57. The van der Waals surface area contributed by atoms with Crippen LogP contribution in [0.15, 0.2) is 0 Å². The Labute approximate surface area is 370 Å². The molecule has 0 aromatic carbocycles. The summed E-state index contributed by atoms with van der Waals surface area (Å²) < 4.78 is 177. The quantitative estimate of drug-likeness (QED) is 0.0450. The molecule has 0 radical (unpaired) electrons. The molecular formula is C35H65NO23S4. The molecule has 2 aliphatic rings. The highest BCUT2D eigenvalue weighted by atomic mass is 32.3. The second-order valence-corrected chi connectivity index (χ2v) is 19.3. The van der Waals surface area contributed by atoms with Crippen LogP contribution >= 0.6 is 0 Å². The minimum absolute atomic E-state index is 0.0296. The van der Waals surface area contributed by atoms with Crippen LogP contribution in [0.1, 0.15) is 129 Å². The van der Waals surface area contributed by atoms with E-state index in [0.717, 1.165) is 51.4 Å². The summed E-state index contributed by atoms with van der Waals surface area (Å²) in [6, 6.07) is 0. The van der Waals surface area contributed by atoms with Crippen LogP contribution in [0, 0.1) is 0 Å². The van der Waals surface area contributed by atoms with Crippen LogP contribution in [-0.2, 0) is 91.6 Å². The van der Waals surface area contributed by atoms with Gasteiger partial charge in [0.1, 0.15) is 30.2 Å². The lowest BCUT2D eigenvalue weighted by atomic mass is 9.99. The van der Waals surface area contributed by atoms with Crippen molar-refractivity contribution < 1.29 is 102 Å². The first-order chi connectivity index (χ1) is 29.5. The zero-order valence-electron chi connectivity index (χ0n) is 35.6. The van der Waals surface area contributed by atoms with E-state index in [0.29, 0.717) is 64.7 Å². The Morgan fingerprint density at radius 3 is 1.71 bits per heavy atom. The van der Waals surface area contributed by atoms with Crippen molar-refractivity contribution in [1.82, 2.24) is 5.32 Å². The largest absolute Gasteiger partial charge is 0.397 e. The van der Waals surface area contributed by atoms with E-state index < -0.39 is 110 Å². The van der Waals surface area contributed by atoms with Crippen LogP contribution < -0.4 is 5.32 Å². The second kappa shape index (κ2) is 29.2. The summed E-state index contributed by atoms with van der Waals surface area (Å²) in [7, 11) is -20.7. The first-order valence-electron chi connectivity index (χ1n) is 21.0. The van der Waals surface area contributed by atoms with Gasteiger partial charge >= 0.3 is 41.6 Å². The highest BCUT2D eigenvalue weighted by Gasteiger charge is 2.48. The molecule has 2 rings (SSSR count). The van der Waals surface area contributed by atoms with Crippen LogP contribution in [0.3, 0.4) is 0 Å². The van der Waals surface area contributed by atoms with Crippen LogP contribution in [0.5, 0.6) is 0 Å². The molecule has 0 aliphatic carbocycles. The zero-order chi connectivity index (χ0) is 47.1. The Hall–Kier alpha value is -1.58. The number of carbonyl (C=O) groups is 2. The maximum Gasteiger partial charge on any atom is 0.397 e. The average Bonchev–Trinajstić information content (AvgIpc) is 3.15. The first-order valence-corrected chi connectivity index (χ1v) is 26.5. The van der Waals surface area contributed by atoms with Gasteiger partial charge in [-0.05, 0) is 38.5 Å². The van der Waals surface area contributed by atoms with E-state index in [1.54, 1.807) is 0 Å². The molecule has 2 saturated heterocycles. The van der Waals surface area contributed by atoms with Gasteiger partial charge in [-0.3, -0.25) is 27.8 Å². The van der Waals surface area contributed by atoms with E-state index in [1.807, 2.05) is 0 Å². The number of amides is 1. The van der Waals surface area contributed by atoms with Gasteiger partial charge in [0.25, 0.3) is 0 Å². The van der Waals surface area contributed by atoms with Crippen LogP contribution in [0.4, 0.5) is 0 Å². The minimum atomic E-state index is -5.29. The maximum atomic E-state index is 12.2. The molecule has 24 nitrogen and oxygen atoms in total. The fourth-order valence-corrected chi connectivity index (χ4v) is 8.51. The molecular weight excluding hydrogens is 931 g/mol. The summed E-state index contributed by atoms with van der Waals surface area (Å²) in [5.41, 5.74) is 0. The molecule has 2 fully saturated rings. The summed E-state index contributed by atoms with van der Waals surface area (Å²) in [6.45, 7) is 4.11. The Bertz CT molecular complexity index is 1780. The third-order valence-electron chi connectivity index (χ3n) is 9.76. The number of carbonyl (C=O) groups excluding carboxylic acids is 2. The van der Waals surface area contributed by atoms with E-state index in [2.05, 4.69) is 24.8 Å². The van der Waals surface area contributed by atoms with Gasteiger partial charge in [-0.25, -0.2) is 16.7 Å². The molecule has 5 N–H and O–H groups in total. The number of ether oxygens (including phenoxy) is 5. The van der Waals surface area contributed by atoms with Crippen molar-refractivity contribution in [3.05, 3.63) is 0 Å². The topological polar surface area (TPSA) is 347 Å². The number of hydrogen-bond acceptors (Lipinski definition) is 19. The van der Waals surface area contributed by atoms with E-state index in [4.69, 9.17) is 27.9 Å². The summed E-state index contributed by atoms with van der Waals surface area (Å²) in [6.07, 6.45) is -3.21. The lowest BCUT2D eigenvalue weighted by Gasteiger charge is -2.44. The Morgan fingerprint density at radius 2 is 1.11 bits per heavy atom. The fourth-order valence-electron chi connectivity index (χ4n) is 6.73. The summed E-state index contributed by atoms with van der Waals surface area (Å²) >= 11 is 0. The molecule has 0 spiro atoms. The smallest absolute Gasteiger partial charge is 0.381 e. The molecule has 0 bridgehead atoms. The van der Waals surface area contributed by atoms with E-state index in [9.17, 15) is 61.5 Å². The molecule has 2 aliphatic heterocycles. The van der Waals surface area contributed by atoms with Gasteiger partial charge in [-0.1, -0.05) is 58.8 Å². The van der Waals surface area contributed by atoms with E-state index in [1.165, 1.54) is 6.92 Å². The van der Waals surface area contributed by atoms with Gasteiger partial charge in [0, 0.05) is 51.9 Å². The van der Waals surface area contributed by atoms with Crippen molar-refractivity contribution in [2.45, 2.75) is 179 Å². The van der Waals surface area contributed by atoms with Crippen molar-refractivity contribution >= 4 is 53.3 Å². The van der Waals surface area contributed by atoms with Crippen molar-refractivity contribution in [1.29, 1.82) is 0 Å². The second-order valence-electron chi connectivity index (χ2n) is 15.1. The highest BCUT2D eigenvalue weighted by molar-refractivity contribution is 7.81. The van der Waals surface area contributed by atoms with Crippen molar-refractivity contribution in [3.8, 4) is 0 Å². The predicted octanol–water partition coefficient (Wildman–Crippen LogP) is 2.98. The number of Topliss-reactive ketones (excluding diaryl/α,β-unsaturated/α-hetero) is 1. The molecule has 8 unspecified atom stereocenters. The number of hydrogen-bond donors (Lipinski definition) is 5. The lowest BCUT2D eigenvalue weighted by molar-refractivity contribution is -0.319. The number of unbranched alkanes of at least 4 members (excludes halogenated alkanes) is 9. The third-order valence-corrected chi connectivity index (χ3v) is 11.7. The first kappa shape index (κ1) is 57.5. The van der Waals surface area contributed by atoms with Gasteiger partial charge in [-0.15, -0.1) is 0 Å². The normalized spacial score (nSPS) is 24.9. The van der Waals surface area contributed by atoms with Crippen LogP contribution in [0.2, 0.25) is 0 Å². The molecule has 1 amide bonds. The van der Waals surface area contributed by atoms with E-state index >= 15 is 0 Å². The standard InChI is InChI=1S/C35H65NO23S4/c1-3-5-20-51-22-18-26(37)16-12-8-6-7-9-13-17-33(38)36-19-14-10-11-15-21-52-34-30(58-62(45,46)47)23-28(32(56-34)25-53-60(39,40)41)55-35-31(59-63(48,49)50)24-29(27(4-2)54-35)57-61(42,43)44/h27-32,34-35H,3-25H2,1-2H3,(H,36,38)(H,39,40,41)(H,42,43,44)(H,45,46,47)(H,48,49,50). The predicted molar refractivity (Wildman–Crippen MR) is 218 cm³/mol. The van der Waals surface area contributed by atoms with Gasteiger partial charge < -0.3 is 29.0 Å². The molecule has 28 heteroatoms. The molecule has 0 saturated carbocycles. The molecule has 63 heavy (non-hydrogen) atoms. The summed E-state index contributed by atoms with van der Waals surface area (Å²) in [4.78, 5) is 24.2. The van der Waals surface area contributed by atoms with Crippen LogP contribution in [0.25, 0.3) is 0 Å². The third kappa shape index (κ3) is 27.6. The number of rotatable bonds is 35.